The Bertz CT molecular complexity index is 506. The van der Waals surface area contributed by atoms with Gasteiger partial charge < -0.3 is 24.8 Å². The molecule has 0 radical (unpaired) electrons. The lowest BCUT2D eigenvalue weighted by Crippen LogP contribution is -2.43. The Morgan fingerprint density at radius 3 is 1.63 bits per heavy atom. The number of ether oxygens (including phenoxy) is 2. The summed E-state index contributed by atoms with van der Waals surface area (Å²) in [6.07, 6.45) is -0.721. The van der Waals surface area contributed by atoms with Gasteiger partial charge in [-0.2, -0.15) is 0 Å². The molecule has 0 fully saturated rings. The van der Waals surface area contributed by atoms with E-state index >= 15 is 0 Å². The van der Waals surface area contributed by atoms with Gasteiger partial charge in [0.1, 0.15) is 0 Å². The highest BCUT2D eigenvalue weighted by Gasteiger charge is 2.41. The van der Waals surface area contributed by atoms with Gasteiger partial charge in [-0.05, 0) is 39.5 Å². The van der Waals surface area contributed by atoms with Crippen LogP contribution in [0.4, 0.5) is 0 Å². The van der Waals surface area contributed by atoms with Crippen molar-refractivity contribution in [3.8, 4) is 0 Å². The van der Waals surface area contributed by atoms with Gasteiger partial charge >= 0.3 is 11.9 Å². The van der Waals surface area contributed by atoms with Gasteiger partial charge in [0.25, 0.3) is 0 Å². The Morgan fingerprint density at radius 2 is 1.22 bits per heavy atom. The molecule has 27 heavy (non-hydrogen) atoms. The molecule has 7 heteroatoms. The molecule has 1 unspecified atom stereocenters. The van der Waals surface area contributed by atoms with Crippen molar-refractivity contribution in [2.45, 2.75) is 67.9 Å². The first-order valence-electron chi connectivity index (χ1n) is 9.25. The highest BCUT2D eigenvalue weighted by molar-refractivity contribution is 5.77. The molecule has 0 rings (SSSR count). The molecule has 0 aromatic rings. The van der Waals surface area contributed by atoms with Crippen molar-refractivity contribution in [3.63, 3.8) is 0 Å². The van der Waals surface area contributed by atoms with Gasteiger partial charge in [0, 0.05) is 12.0 Å². The lowest BCUT2D eigenvalue weighted by molar-refractivity contribution is -0.169. The van der Waals surface area contributed by atoms with Gasteiger partial charge in [-0.15, -0.1) is 0 Å². The minimum absolute atomic E-state index is 0.0121. The molecule has 3 N–H and O–H groups in total. The molecule has 0 bridgehead atoms. The fourth-order valence-corrected chi connectivity index (χ4v) is 1.99. The Kier molecular flexibility index (Phi) is 8.94. The lowest BCUT2D eigenvalue weighted by Gasteiger charge is -2.34. The van der Waals surface area contributed by atoms with Crippen LogP contribution in [0.25, 0.3) is 0 Å². The van der Waals surface area contributed by atoms with Crippen LogP contribution in [-0.2, 0) is 19.1 Å². The summed E-state index contributed by atoms with van der Waals surface area (Å²) >= 11 is 0. The Labute approximate surface area is 163 Å². The molecular formula is C20H38O7. The predicted molar refractivity (Wildman–Crippen MR) is 102 cm³/mol. The summed E-state index contributed by atoms with van der Waals surface area (Å²) < 4.78 is 10.6. The Morgan fingerprint density at radius 1 is 0.778 bits per heavy atom. The van der Waals surface area contributed by atoms with E-state index in [1.165, 1.54) is 0 Å². The second kappa shape index (κ2) is 9.34. The molecule has 0 aromatic heterocycles. The SMILES string of the molecule is CC(C)(COC(=O)C(C)(C)CO)COC(=O)C(C)(C)C(O)CC(C)(C)CO. The van der Waals surface area contributed by atoms with Crippen molar-refractivity contribution in [1.29, 1.82) is 0 Å². The molecule has 0 aromatic carbocycles. The van der Waals surface area contributed by atoms with Crippen molar-refractivity contribution in [3.05, 3.63) is 0 Å². The number of hydrogen-bond donors (Lipinski definition) is 3. The monoisotopic (exact) mass is 390 g/mol. The lowest BCUT2D eigenvalue weighted by atomic mass is 9.77. The van der Waals surface area contributed by atoms with Crippen LogP contribution < -0.4 is 0 Å². The van der Waals surface area contributed by atoms with Gasteiger partial charge in [0.2, 0.25) is 0 Å². The van der Waals surface area contributed by atoms with Crippen LogP contribution in [0.15, 0.2) is 0 Å². The number of carbonyl (C=O) groups excluding carboxylic acids is 2. The zero-order valence-corrected chi connectivity index (χ0v) is 18.1. The fourth-order valence-electron chi connectivity index (χ4n) is 1.99. The Balaban J connectivity index is 4.74. The quantitative estimate of drug-likeness (QED) is 0.462. The first-order valence-corrected chi connectivity index (χ1v) is 9.25. The van der Waals surface area contributed by atoms with Crippen molar-refractivity contribution < 1.29 is 34.4 Å². The van der Waals surface area contributed by atoms with E-state index in [2.05, 4.69) is 0 Å². The molecular weight excluding hydrogens is 352 g/mol. The van der Waals surface area contributed by atoms with Crippen molar-refractivity contribution in [1.82, 2.24) is 0 Å². The van der Waals surface area contributed by atoms with E-state index < -0.39 is 39.7 Å². The minimum Gasteiger partial charge on any atom is -0.465 e. The third-order valence-electron chi connectivity index (χ3n) is 4.67. The average Bonchev–Trinajstić information content (AvgIpc) is 2.56. The van der Waals surface area contributed by atoms with Gasteiger partial charge in [0.05, 0.1) is 36.8 Å². The highest BCUT2D eigenvalue weighted by atomic mass is 16.6. The van der Waals surface area contributed by atoms with E-state index in [1.807, 2.05) is 13.8 Å². The standard InChI is InChI=1S/C20H38O7/c1-17(2,10-21)9-14(23)20(7,8)16(25)27-13-18(3,4)12-26-15(24)19(5,6)11-22/h14,21-23H,9-13H2,1-8H3. The molecule has 0 heterocycles. The van der Waals surface area contributed by atoms with E-state index in [-0.39, 0.29) is 32.8 Å². The molecule has 0 aliphatic heterocycles. The molecule has 1 atom stereocenters. The molecule has 0 spiro atoms. The predicted octanol–water partition coefficient (Wildman–Crippen LogP) is 1.91. The third kappa shape index (κ3) is 8.15. The summed E-state index contributed by atoms with van der Waals surface area (Å²) in [7, 11) is 0. The molecule has 0 saturated carbocycles. The number of esters is 2. The molecule has 0 aliphatic rings. The van der Waals surface area contributed by atoms with E-state index in [1.54, 1.807) is 41.5 Å². The van der Waals surface area contributed by atoms with Crippen molar-refractivity contribution in [2.24, 2.45) is 21.7 Å². The first-order chi connectivity index (χ1) is 12.0. The zero-order valence-electron chi connectivity index (χ0n) is 18.1. The summed E-state index contributed by atoms with van der Waals surface area (Å²) in [4.78, 5) is 24.4. The largest absolute Gasteiger partial charge is 0.465 e. The first kappa shape index (κ1) is 25.8. The minimum atomic E-state index is -1.14. The van der Waals surface area contributed by atoms with E-state index in [9.17, 15) is 24.9 Å². The molecule has 0 saturated heterocycles. The van der Waals surface area contributed by atoms with Crippen LogP contribution in [0.1, 0.15) is 61.8 Å². The summed E-state index contributed by atoms with van der Waals surface area (Å²) in [6.45, 7) is 13.2. The second-order valence-corrected chi connectivity index (χ2v) is 10.1. The van der Waals surface area contributed by atoms with Gasteiger partial charge in [-0.3, -0.25) is 9.59 Å². The fraction of sp³-hybridized carbons (Fsp3) is 0.900. The second-order valence-electron chi connectivity index (χ2n) is 10.1. The molecule has 160 valence electrons. The average molecular weight is 391 g/mol. The zero-order chi connectivity index (χ0) is 21.7. The van der Waals surface area contributed by atoms with E-state index in [0.29, 0.717) is 0 Å². The number of aliphatic hydroxyl groups is 3. The normalized spacial score (nSPS) is 14.6. The third-order valence-corrected chi connectivity index (χ3v) is 4.67. The number of aliphatic hydroxyl groups excluding tert-OH is 3. The van der Waals surface area contributed by atoms with Crippen LogP contribution in [0.3, 0.4) is 0 Å². The summed E-state index contributed by atoms with van der Waals surface area (Å²) in [5.41, 5.74) is -3.26. The molecule has 7 nitrogen and oxygen atoms in total. The maximum absolute atomic E-state index is 12.5. The summed E-state index contributed by atoms with van der Waals surface area (Å²) in [6, 6.07) is 0. The van der Waals surface area contributed by atoms with E-state index in [4.69, 9.17) is 9.47 Å². The highest BCUT2D eigenvalue weighted by Crippen LogP contribution is 2.32. The number of hydrogen-bond acceptors (Lipinski definition) is 7. The smallest absolute Gasteiger partial charge is 0.314 e. The van der Waals surface area contributed by atoms with Crippen LogP contribution in [-0.4, -0.2) is 59.8 Å². The van der Waals surface area contributed by atoms with Gasteiger partial charge in [0.15, 0.2) is 0 Å². The van der Waals surface area contributed by atoms with E-state index in [0.717, 1.165) is 0 Å². The molecule has 0 aliphatic carbocycles. The van der Waals surface area contributed by atoms with Crippen molar-refractivity contribution in [2.75, 3.05) is 26.4 Å². The molecule has 0 amide bonds. The topological polar surface area (TPSA) is 113 Å². The maximum Gasteiger partial charge on any atom is 0.314 e. The van der Waals surface area contributed by atoms with Crippen molar-refractivity contribution >= 4 is 11.9 Å². The Hall–Kier alpha value is -1.18. The van der Waals surface area contributed by atoms with Gasteiger partial charge in [-0.1, -0.05) is 27.7 Å². The van der Waals surface area contributed by atoms with Crippen LogP contribution >= 0.6 is 0 Å². The van der Waals surface area contributed by atoms with Crippen LogP contribution in [0.2, 0.25) is 0 Å². The summed E-state index contributed by atoms with van der Waals surface area (Å²) in [5.74, 6) is -1.08. The van der Waals surface area contributed by atoms with Crippen LogP contribution in [0.5, 0.6) is 0 Å². The number of rotatable bonds is 11. The maximum atomic E-state index is 12.5. The van der Waals surface area contributed by atoms with Gasteiger partial charge in [-0.25, -0.2) is 0 Å². The number of carbonyl (C=O) groups is 2. The van der Waals surface area contributed by atoms with Crippen LogP contribution in [0, 0.1) is 21.7 Å². The summed E-state index contributed by atoms with van der Waals surface area (Å²) in [5, 5.41) is 29.0.